The van der Waals surface area contributed by atoms with Gasteiger partial charge in [0, 0.05) is 12.1 Å². The Morgan fingerprint density at radius 1 is 1.11 bits per heavy atom. The Kier molecular flexibility index (Phi) is 5.16. The summed E-state index contributed by atoms with van der Waals surface area (Å²) >= 11 is 6.11. The van der Waals surface area contributed by atoms with Gasteiger partial charge in [0.1, 0.15) is 11.6 Å². The minimum absolute atomic E-state index is 0.0134. The highest BCUT2D eigenvalue weighted by Gasteiger charge is 2.47. The largest absolute Gasteiger partial charge is 0.469 e. The molecule has 0 spiro atoms. The number of ether oxygens (including phenoxy) is 2. The number of methoxy groups -OCH3 is 1. The third-order valence-electron chi connectivity index (χ3n) is 5.65. The molecule has 3 saturated carbocycles. The molecule has 3 aliphatic rings. The highest BCUT2D eigenvalue weighted by molar-refractivity contribution is 6.28. The zero-order valence-electron chi connectivity index (χ0n) is 15.1. The second kappa shape index (κ2) is 7.72. The average Bonchev–Trinajstić information content (AvgIpc) is 2.68. The van der Waals surface area contributed by atoms with Gasteiger partial charge in [-0.3, -0.25) is 4.79 Å². The molecule has 0 aliphatic heterocycles. The van der Waals surface area contributed by atoms with E-state index < -0.39 is 0 Å². The van der Waals surface area contributed by atoms with Crippen LogP contribution in [0, 0.1) is 17.8 Å². The quantitative estimate of drug-likeness (QED) is 0.608. The van der Waals surface area contributed by atoms with Crippen LogP contribution in [-0.4, -0.2) is 29.1 Å². The zero-order valence-corrected chi connectivity index (χ0v) is 15.9. The number of esters is 1. The fourth-order valence-electron chi connectivity index (χ4n) is 4.44. The third kappa shape index (κ3) is 3.86. The van der Waals surface area contributed by atoms with E-state index in [0.29, 0.717) is 29.3 Å². The van der Waals surface area contributed by atoms with Crippen molar-refractivity contribution >= 4 is 23.4 Å². The number of benzene rings is 1. The Balaban J connectivity index is 1.57. The molecule has 7 heteroatoms. The van der Waals surface area contributed by atoms with E-state index in [-0.39, 0.29) is 23.2 Å². The summed E-state index contributed by atoms with van der Waals surface area (Å²) in [5, 5.41) is 3.53. The van der Waals surface area contributed by atoms with Gasteiger partial charge in [0.05, 0.1) is 13.0 Å². The number of nitrogens with zero attached hydrogens (tertiary/aromatic N) is 2. The lowest BCUT2D eigenvalue weighted by Crippen LogP contribution is -2.51. The number of carbonyl (C=O) groups excluding carboxylic acids is 1. The molecule has 5 rings (SSSR count). The number of aromatic nitrogens is 2. The topological polar surface area (TPSA) is 73.3 Å². The maximum absolute atomic E-state index is 12.4. The molecule has 2 aromatic rings. The van der Waals surface area contributed by atoms with Crippen molar-refractivity contribution < 1.29 is 14.3 Å². The van der Waals surface area contributed by atoms with Crippen molar-refractivity contribution in [2.45, 2.75) is 31.7 Å². The van der Waals surface area contributed by atoms with Gasteiger partial charge < -0.3 is 14.8 Å². The van der Waals surface area contributed by atoms with Crippen LogP contribution in [0.3, 0.4) is 0 Å². The summed E-state index contributed by atoms with van der Waals surface area (Å²) in [6, 6.07) is 11.1. The summed E-state index contributed by atoms with van der Waals surface area (Å²) in [5.74, 6) is 2.07. The number of rotatable bonds is 5. The van der Waals surface area contributed by atoms with Crippen molar-refractivity contribution in [1.82, 2.24) is 9.97 Å². The lowest BCUT2D eigenvalue weighted by atomic mass is 9.61. The molecular formula is C20H22ClN3O3. The van der Waals surface area contributed by atoms with E-state index in [9.17, 15) is 4.79 Å². The first-order chi connectivity index (χ1) is 13.1. The summed E-state index contributed by atoms with van der Waals surface area (Å²) in [4.78, 5) is 20.8. The van der Waals surface area contributed by atoms with Crippen molar-refractivity contribution in [3.05, 3.63) is 41.7 Å². The summed E-state index contributed by atoms with van der Waals surface area (Å²) in [6.45, 7) is 0. The Hall–Kier alpha value is -2.34. The summed E-state index contributed by atoms with van der Waals surface area (Å²) in [6.07, 6.45) is 4.38. The molecule has 0 radical (unpaired) electrons. The summed E-state index contributed by atoms with van der Waals surface area (Å²) in [5.41, 5.74) is 0. The van der Waals surface area contributed by atoms with E-state index in [1.54, 1.807) is 6.07 Å². The minimum Gasteiger partial charge on any atom is -0.469 e. The van der Waals surface area contributed by atoms with E-state index in [1.165, 1.54) is 7.11 Å². The monoisotopic (exact) mass is 387 g/mol. The molecule has 2 bridgehead atoms. The van der Waals surface area contributed by atoms with E-state index >= 15 is 0 Å². The number of para-hydroxylation sites is 1. The van der Waals surface area contributed by atoms with Crippen LogP contribution >= 0.6 is 11.6 Å². The van der Waals surface area contributed by atoms with Crippen LogP contribution in [0.1, 0.15) is 25.7 Å². The molecule has 3 aliphatic carbocycles. The molecule has 2 atom stereocenters. The van der Waals surface area contributed by atoms with Gasteiger partial charge >= 0.3 is 5.97 Å². The highest BCUT2D eigenvalue weighted by Crippen LogP contribution is 2.46. The Labute approximate surface area is 163 Å². The molecule has 1 aromatic carbocycles. The van der Waals surface area contributed by atoms with Crippen molar-refractivity contribution in [3.8, 4) is 11.6 Å². The first-order valence-corrected chi connectivity index (χ1v) is 9.63. The van der Waals surface area contributed by atoms with Crippen LogP contribution in [0.5, 0.6) is 11.6 Å². The standard InChI is InChI=1S/C20H22ClN3O3/c1-26-19(25)17-12-7-9-13(10-8-12)18(17)22-15-11-16(24-20(21)23-15)27-14-5-3-2-4-6-14/h2-6,11-13,17-18H,7-10H2,1H3,(H,22,23,24). The summed E-state index contributed by atoms with van der Waals surface area (Å²) < 4.78 is 10.9. The van der Waals surface area contributed by atoms with Gasteiger partial charge in [0.25, 0.3) is 0 Å². The molecule has 1 aromatic heterocycles. The number of hydrogen-bond acceptors (Lipinski definition) is 6. The molecule has 1 N–H and O–H groups in total. The second-order valence-corrected chi connectivity index (χ2v) is 7.51. The molecule has 3 fully saturated rings. The van der Waals surface area contributed by atoms with Crippen LogP contribution in [0.25, 0.3) is 0 Å². The Morgan fingerprint density at radius 3 is 2.52 bits per heavy atom. The van der Waals surface area contributed by atoms with Crippen molar-refractivity contribution in [1.29, 1.82) is 0 Å². The predicted molar refractivity (Wildman–Crippen MR) is 102 cm³/mol. The maximum Gasteiger partial charge on any atom is 0.311 e. The van der Waals surface area contributed by atoms with Crippen LogP contribution in [0.2, 0.25) is 5.28 Å². The second-order valence-electron chi connectivity index (χ2n) is 7.17. The van der Waals surface area contributed by atoms with E-state index in [2.05, 4.69) is 15.3 Å². The minimum atomic E-state index is -0.158. The number of carbonyl (C=O) groups is 1. The Morgan fingerprint density at radius 2 is 1.81 bits per heavy atom. The van der Waals surface area contributed by atoms with Gasteiger partial charge in [-0.05, 0) is 61.3 Å². The van der Waals surface area contributed by atoms with Gasteiger partial charge in [-0.15, -0.1) is 0 Å². The van der Waals surface area contributed by atoms with Crippen molar-refractivity contribution in [3.63, 3.8) is 0 Å². The third-order valence-corrected chi connectivity index (χ3v) is 5.82. The average molecular weight is 388 g/mol. The van der Waals surface area contributed by atoms with Crippen molar-refractivity contribution in [2.24, 2.45) is 17.8 Å². The first kappa shape index (κ1) is 18.0. The van der Waals surface area contributed by atoms with Crippen LogP contribution in [-0.2, 0) is 9.53 Å². The van der Waals surface area contributed by atoms with E-state index in [1.807, 2.05) is 30.3 Å². The van der Waals surface area contributed by atoms with Gasteiger partial charge in [0.15, 0.2) is 0 Å². The number of fused-ring (bicyclic) bond motifs is 3. The lowest BCUT2D eigenvalue weighted by molar-refractivity contribution is -0.152. The number of hydrogen-bond donors (Lipinski definition) is 1. The normalized spacial score (nSPS) is 26.4. The smallest absolute Gasteiger partial charge is 0.311 e. The molecule has 6 nitrogen and oxygen atoms in total. The van der Waals surface area contributed by atoms with Gasteiger partial charge in [-0.1, -0.05) is 18.2 Å². The number of anilines is 1. The van der Waals surface area contributed by atoms with Crippen LogP contribution in [0.15, 0.2) is 36.4 Å². The Bertz CT molecular complexity index is 809. The van der Waals surface area contributed by atoms with E-state index in [0.717, 1.165) is 25.7 Å². The fourth-order valence-corrected chi connectivity index (χ4v) is 4.61. The zero-order chi connectivity index (χ0) is 18.8. The molecule has 2 unspecified atom stereocenters. The maximum atomic E-state index is 12.4. The molecule has 1 heterocycles. The SMILES string of the molecule is COC(=O)C1C2CCC(CC2)C1Nc1cc(Oc2ccccc2)nc(Cl)n1. The molecule has 27 heavy (non-hydrogen) atoms. The van der Waals surface area contributed by atoms with Gasteiger partial charge in [0.2, 0.25) is 11.2 Å². The fraction of sp³-hybridized carbons (Fsp3) is 0.450. The molecule has 0 amide bonds. The van der Waals surface area contributed by atoms with E-state index in [4.69, 9.17) is 21.1 Å². The highest BCUT2D eigenvalue weighted by atomic mass is 35.5. The van der Waals surface area contributed by atoms with Crippen molar-refractivity contribution in [2.75, 3.05) is 12.4 Å². The predicted octanol–water partition coefficient (Wildman–Crippen LogP) is 4.31. The molecule has 142 valence electrons. The molecule has 0 saturated heterocycles. The first-order valence-electron chi connectivity index (χ1n) is 9.26. The lowest BCUT2D eigenvalue weighted by Gasteiger charge is -2.47. The van der Waals surface area contributed by atoms with Crippen LogP contribution < -0.4 is 10.1 Å². The van der Waals surface area contributed by atoms with Crippen LogP contribution in [0.4, 0.5) is 5.82 Å². The molecular weight excluding hydrogens is 366 g/mol. The number of halogens is 1. The number of nitrogens with one attached hydrogen (secondary N) is 1. The summed E-state index contributed by atoms with van der Waals surface area (Å²) in [7, 11) is 1.45. The van der Waals surface area contributed by atoms with Gasteiger partial charge in [-0.25, -0.2) is 4.98 Å². The van der Waals surface area contributed by atoms with Gasteiger partial charge in [-0.2, -0.15) is 4.98 Å².